The maximum Gasteiger partial charge on any atom is 0.257 e. The molecule has 0 aliphatic heterocycles. The third-order valence-electron chi connectivity index (χ3n) is 1.99. The average Bonchev–Trinajstić information content (AvgIpc) is 2.71. The molecule has 4 heteroatoms. The second-order valence-corrected chi connectivity index (χ2v) is 3.54. The molecule has 0 bridgehead atoms. The summed E-state index contributed by atoms with van der Waals surface area (Å²) in [5, 5.41) is 2.74. The standard InChI is InChI=1S/C11H10N2OS/c14-11(13-10-6-3-7-12-10)8-4-1-2-5-9(8)15/h1-7,12,15H,(H,13,14). The molecule has 2 rings (SSSR count). The van der Waals surface area contributed by atoms with Crippen molar-refractivity contribution in [3.05, 3.63) is 48.2 Å². The molecule has 15 heavy (non-hydrogen) atoms. The maximum absolute atomic E-state index is 11.8. The van der Waals surface area contributed by atoms with Crippen LogP contribution in [0.3, 0.4) is 0 Å². The van der Waals surface area contributed by atoms with Gasteiger partial charge in [0, 0.05) is 11.1 Å². The highest BCUT2D eigenvalue weighted by atomic mass is 32.1. The SMILES string of the molecule is O=C(Nc1ccc[nH]1)c1ccccc1S. The lowest BCUT2D eigenvalue weighted by molar-refractivity contribution is 0.102. The Hall–Kier alpha value is -1.68. The van der Waals surface area contributed by atoms with E-state index in [2.05, 4.69) is 22.9 Å². The van der Waals surface area contributed by atoms with E-state index in [0.29, 0.717) is 16.3 Å². The molecule has 0 spiro atoms. The first-order valence-corrected chi connectivity index (χ1v) is 4.95. The summed E-state index contributed by atoms with van der Waals surface area (Å²) < 4.78 is 0. The lowest BCUT2D eigenvalue weighted by Crippen LogP contribution is -2.12. The Balaban J connectivity index is 2.19. The second-order valence-electron chi connectivity index (χ2n) is 3.06. The van der Waals surface area contributed by atoms with Gasteiger partial charge in [0.2, 0.25) is 0 Å². The van der Waals surface area contributed by atoms with E-state index >= 15 is 0 Å². The fraction of sp³-hybridized carbons (Fsp3) is 0. The van der Waals surface area contributed by atoms with Crippen molar-refractivity contribution in [2.75, 3.05) is 5.32 Å². The number of hydrogen-bond donors (Lipinski definition) is 3. The highest BCUT2D eigenvalue weighted by molar-refractivity contribution is 7.80. The number of aromatic nitrogens is 1. The van der Waals surface area contributed by atoms with Gasteiger partial charge >= 0.3 is 0 Å². The van der Waals surface area contributed by atoms with Crippen molar-refractivity contribution >= 4 is 24.4 Å². The van der Waals surface area contributed by atoms with Gasteiger partial charge in [-0.2, -0.15) is 0 Å². The van der Waals surface area contributed by atoms with Crippen LogP contribution in [0.4, 0.5) is 5.82 Å². The molecule has 2 N–H and O–H groups in total. The van der Waals surface area contributed by atoms with Gasteiger partial charge in [0.1, 0.15) is 5.82 Å². The molecular formula is C11H10N2OS. The molecule has 1 aromatic carbocycles. The van der Waals surface area contributed by atoms with Gasteiger partial charge in [-0.25, -0.2) is 0 Å². The molecule has 0 aliphatic carbocycles. The zero-order valence-corrected chi connectivity index (χ0v) is 8.79. The molecule has 0 fully saturated rings. The van der Waals surface area contributed by atoms with Gasteiger partial charge in [-0.05, 0) is 24.3 Å². The number of thiol groups is 1. The summed E-state index contributed by atoms with van der Waals surface area (Å²) in [4.78, 5) is 15.3. The number of amides is 1. The Kier molecular flexibility index (Phi) is 2.78. The Morgan fingerprint density at radius 2 is 2.00 bits per heavy atom. The van der Waals surface area contributed by atoms with Crippen molar-refractivity contribution in [2.45, 2.75) is 4.90 Å². The van der Waals surface area contributed by atoms with Gasteiger partial charge in [0.15, 0.2) is 0 Å². The molecule has 1 heterocycles. The van der Waals surface area contributed by atoms with Crippen LogP contribution in [0.15, 0.2) is 47.5 Å². The number of H-pyrrole nitrogens is 1. The maximum atomic E-state index is 11.8. The Bertz CT molecular complexity index is 465. The van der Waals surface area contributed by atoms with Crippen LogP contribution in [-0.4, -0.2) is 10.9 Å². The van der Waals surface area contributed by atoms with Crippen LogP contribution in [-0.2, 0) is 0 Å². The molecule has 1 aromatic heterocycles. The second kappa shape index (κ2) is 4.23. The molecule has 0 aliphatic rings. The van der Waals surface area contributed by atoms with E-state index in [1.807, 2.05) is 18.2 Å². The Labute approximate surface area is 92.9 Å². The number of rotatable bonds is 2. The number of nitrogens with one attached hydrogen (secondary N) is 2. The van der Waals surface area contributed by atoms with Gasteiger partial charge in [-0.3, -0.25) is 4.79 Å². The van der Waals surface area contributed by atoms with Crippen LogP contribution in [0, 0.1) is 0 Å². The van der Waals surface area contributed by atoms with E-state index in [9.17, 15) is 4.79 Å². The van der Waals surface area contributed by atoms with Gasteiger partial charge in [0.25, 0.3) is 5.91 Å². The van der Waals surface area contributed by atoms with Crippen molar-refractivity contribution in [3.8, 4) is 0 Å². The first-order valence-electron chi connectivity index (χ1n) is 4.50. The zero-order chi connectivity index (χ0) is 10.7. The molecule has 3 nitrogen and oxygen atoms in total. The number of hydrogen-bond acceptors (Lipinski definition) is 2. The highest BCUT2D eigenvalue weighted by Gasteiger charge is 2.08. The average molecular weight is 218 g/mol. The summed E-state index contributed by atoms with van der Waals surface area (Å²) in [6.07, 6.45) is 1.75. The molecule has 0 unspecified atom stereocenters. The van der Waals surface area contributed by atoms with Crippen molar-refractivity contribution in [2.24, 2.45) is 0 Å². The summed E-state index contributed by atoms with van der Waals surface area (Å²) >= 11 is 4.22. The van der Waals surface area contributed by atoms with Crippen LogP contribution in [0.2, 0.25) is 0 Å². The molecule has 2 aromatic rings. The summed E-state index contributed by atoms with van der Waals surface area (Å²) in [5.74, 6) is 0.514. The first-order chi connectivity index (χ1) is 7.27. The minimum Gasteiger partial charge on any atom is -0.348 e. The molecule has 0 saturated carbocycles. The predicted molar refractivity (Wildman–Crippen MR) is 62.4 cm³/mol. The van der Waals surface area contributed by atoms with Crippen molar-refractivity contribution in [3.63, 3.8) is 0 Å². The lowest BCUT2D eigenvalue weighted by Gasteiger charge is -2.04. The van der Waals surface area contributed by atoms with Crippen LogP contribution in [0.5, 0.6) is 0 Å². The normalized spacial score (nSPS) is 9.93. The van der Waals surface area contributed by atoms with Crippen LogP contribution >= 0.6 is 12.6 Å². The predicted octanol–water partition coefficient (Wildman–Crippen LogP) is 2.56. The van der Waals surface area contributed by atoms with E-state index in [1.165, 1.54) is 0 Å². The summed E-state index contributed by atoms with van der Waals surface area (Å²) in [6.45, 7) is 0. The van der Waals surface area contributed by atoms with E-state index in [1.54, 1.807) is 24.4 Å². The smallest absolute Gasteiger partial charge is 0.257 e. The molecule has 0 saturated heterocycles. The molecular weight excluding hydrogens is 208 g/mol. The molecule has 76 valence electrons. The van der Waals surface area contributed by atoms with E-state index < -0.39 is 0 Å². The fourth-order valence-corrected chi connectivity index (χ4v) is 1.53. The third-order valence-corrected chi connectivity index (χ3v) is 2.38. The number of carbonyl (C=O) groups is 1. The molecule has 0 atom stereocenters. The Morgan fingerprint density at radius 3 is 2.67 bits per heavy atom. The van der Waals surface area contributed by atoms with Crippen molar-refractivity contribution in [1.29, 1.82) is 0 Å². The topological polar surface area (TPSA) is 44.9 Å². The van der Waals surface area contributed by atoms with E-state index in [-0.39, 0.29) is 5.91 Å². The van der Waals surface area contributed by atoms with Gasteiger partial charge in [-0.1, -0.05) is 12.1 Å². The highest BCUT2D eigenvalue weighted by Crippen LogP contribution is 2.14. The summed E-state index contributed by atoms with van der Waals surface area (Å²) in [7, 11) is 0. The Morgan fingerprint density at radius 1 is 1.20 bits per heavy atom. The van der Waals surface area contributed by atoms with Gasteiger partial charge in [0.05, 0.1) is 5.56 Å². The van der Waals surface area contributed by atoms with Gasteiger partial charge < -0.3 is 10.3 Å². The fourth-order valence-electron chi connectivity index (χ4n) is 1.26. The van der Waals surface area contributed by atoms with E-state index in [0.717, 1.165) is 0 Å². The quantitative estimate of drug-likeness (QED) is 0.666. The number of aromatic amines is 1. The van der Waals surface area contributed by atoms with Crippen LogP contribution < -0.4 is 5.32 Å². The zero-order valence-electron chi connectivity index (χ0n) is 7.90. The third kappa shape index (κ3) is 2.22. The lowest BCUT2D eigenvalue weighted by atomic mass is 10.2. The minimum absolute atomic E-state index is 0.164. The van der Waals surface area contributed by atoms with Crippen LogP contribution in [0.25, 0.3) is 0 Å². The summed E-state index contributed by atoms with van der Waals surface area (Å²) in [6, 6.07) is 10.8. The minimum atomic E-state index is -0.164. The van der Waals surface area contributed by atoms with Gasteiger partial charge in [-0.15, -0.1) is 12.6 Å². The molecule has 1 amide bonds. The number of anilines is 1. The largest absolute Gasteiger partial charge is 0.348 e. The van der Waals surface area contributed by atoms with Crippen LogP contribution in [0.1, 0.15) is 10.4 Å². The van der Waals surface area contributed by atoms with Crippen molar-refractivity contribution < 1.29 is 4.79 Å². The molecule has 0 radical (unpaired) electrons. The number of benzene rings is 1. The first kappa shape index (κ1) is 9.86. The number of carbonyl (C=O) groups excluding carboxylic acids is 1. The summed E-state index contributed by atoms with van der Waals surface area (Å²) in [5.41, 5.74) is 0.565. The van der Waals surface area contributed by atoms with E-state index in [4.69, 9.17) is 0 Å². The van der Waals surface area contributed by atoms with Crippen molar-refractivity contribution in [1.82, 2.24) is 4.98 Å². The monoisotopic (exact) mass is 218 g/mol.